The van der Waals surface area contributed by atoms with Crippen LogP contribution < -0.4 is 15.8 Å². The number of fused-ring (bicyclic) bond motifs is 5. The van der Waals surface area contributed by atoms with E-state index in [1.54, 1.807) is 22.5 Å². The summed E-state index contributed by atoms with van der Waals surface area (Å²) in [5.74, 6) is -0.762. The van der Waals surface area contributed by atoms with Crippen molar-refractivity contribution in [2.45, 2.75) is 38.6 Å². The molecule has 0 radical (unpaired) electrons. The summed E-state index contributed by atoms with van der Waals surface area (Å²) >= 11 is 0. The first-order chi connectivity index (χ1) is 17.9. The van der Waals surface area contributed by atoms with Crippen molar-refractivity contribution in [2.24, 2.45) is 0 Å². The van der Waals surface area contributed by atoms with E-state index < -0.39 is 11.6 Å². The quantitative estimate of drug-likeness (QED) is 0.370. The Hall–Kier alpha value is -4.50. The minimum Gasteiger partial charge on any atom is -0.458 e. The summed E-state index contributed by atoms with van der Waals surface area (Å²) in [7, 11) is 0. The van der Waals surface area contributed by atoms with Crippen molar-refractivity contribution >= 4 is 34.3 Å². The first-order valence-electron chi connectivity index (χ1n) is 12.2. The number of urea groups is 1. The van der Waals surface area contributed by atoms with Gasteiger partial charge in [0.05, 0.1) is 46.9 Å². The number of aromatic nitrogens is 2. The number of hydrogen-bond acceptors (Lipinski definition) is 6. The van der Waals surface area contributed by atoms with Gasteiger partial charge in [-0.3, -0.25) is 9.69 Å². The Morgan fingerprint density at radius 1 is 1.08 bits per heavy atom. The fourth-order valence-electron chi connectivity index (χ4n) is 5.71. The van der Waals surface area contributed by atoms with Crippen LogP contribution in [0.1, 0.15) is 35.6 Å². The van der Waals surface area contributed by atoms with Crippen LogP contribution in [0.2, 0.25) is 0 Å². The third-order valence-corrected chi connectivity index (χ3v) is 7.63. The lowest BCUT2D eigenvalue weighted by Gasteiger charge is -2.31. The zero-order valence-corrected chi connectivity index (χ0v) is 19.9. The Morgan fingerprint density at radius 2 is 1.89 bits per heavy atom. The van der Waals surface area contributed by atoms with Crippen molar-refractivity contribution in [3.05, 3.63) is 87.2 Å². The molecule has 9 heteroatoms. The maximum atomic E-state index is 13.6. The summed E-state index contributed by atoms with van der Waals surface area (Å²) in [5, 5.41) is 14.9. The molecule has 184 valence electrons. The van der Waals surface area contributed by atoms with Gasteiger partial charge in [-0.15, -0.1) is 0 Å². The van der Waals surface area contributed by atoms with E-state index in [9.17, 15) is 19.5 Å². The number of benzene rings is 2. The van der Waals surface area contributed by atoms with Crippen LogP contribution in [0.4, 0.5) is 16.2 Å². The molecule has 3 aliphatic rings. The molecule has 0 aliphatic carbocycles. The lowest BCUT2D eigenvalue weighted by molar-refractivity contribution is -0.172. The molecule has 2 aromatic carbocycles. The number of carbonyl (C=O) groups excluding carboxylic acids is 2. The lowest BCUT2D eigenvalue weighted by atomic mass is 9.86. The molecular weight excluding hydrogens is 472 g/mol. The largest absolute Gasteiger partial charge is 0.458 e. The molecule has 37 heavy (non-hydrogen) atoms. The minimum atomic E-state index is -1.90. The Bertz CT molecular complexity index is 1730. The molecule has 5 heterocycles. The first-order valence-corrected chi connectivity index (χ1v) is 12.2. The zero-order valence-electron chi connectivity index (χ0n) is 19.9. The van der Waals surface area contributed by atoms with Gasteiger partial charge in [0.2, 0.25) is 0 Å². The highest BCUT2D eigenvalue weighted by Gasteiger charge is 2.46. The second kappa shape index (κ2) is 7.50. The van der Waals surface area contributed by atoms with Gasteiger partial charge in [-0.2, -0.15) is 0 Å². The molecule has 4 aromatic rings. The highest BCUT2D eigenvalue weighted by atomic mass is 16.6. The minimum absolute atomic E-state index is 0.0688. The highest BCUT2D eigenvalue weighted by Crippen LogP contribution is 2.46. The van der Waals surface area contributed by atoms with E-state index in [1.807, 2.05) is 48.5 Å². The van der Waals surface area contributed by atoms with E-state index in [-0.39, 0.29) is 42.3 Å². The summed E-state index contributed by atoms with van der Waals surface area (Å²) in [6.45, 7) is 2.03. The molecule has 7 rings (SSSR count). The SMILES string of the molecule is CCC1(O)C(=O)OCc2c1cc1n(c2=O)Cc2c-1nc1cccc3c1c2N(Cc1ccccc1)C(=O)N3. The van der Waals surface area contributed by atoms with Gasteiger partial charge >= 0.3 is 12.0 Å². The molecule has 0 saturated heterocycles. The summed E-state index contributed by atoms with van der Waals surface area (Å²) in [6, 6.07) is 16.7. The van der Waals surface area contributed by atoms with E-state index in [4.69, 9.17) is 9.72 Å². The number of pyridine rings is 2. The molecule has 2 aromatic heterocycles. The predicted molar refractivity (Wildman–Crippen MR) is 136 cm³/mol. The predicted octanol–water partition coefficient (Wildman–Crippen LogP) is 3.63. The van der Waals surface area contributed by atoms with Crippen LogP contribution in [0, 0.1) is 0 Å². The second-order valence-electron chi connectivity index (χ2n) is 9.59. The number of hydrogen-bond donors (Lipinski definition) is 2. The average molecular weight is 495 g/mol. The summed E-state index contributed by atoms with van der Waals surface area (Å²) in [5.41, 5.74) is 3.12. The number of ether oxygens (including phenoxy) is 1. The maximum Gasteiger partial charge on any atom is 0.343 e. The summed E-state index contributed by atoms with van der Waals surface area (Å²) < 4.78 is 6.77. The van der Waals surface area contributed by atoms with Crippen LogP contribution in [0.15, 0.2) is 59.4 Å². The highest BCUT2D eigenvalue weighted by molar-refractivity contribution is 6.19. The van der Waals surface area contributed by atoms with Gasteiger partial charge in [0.15, 0.2) is 5.60 Å². The number of anilines is 2. The maximum absolute atomic E-state index is 13.6. The molecule has 2 amide bonds. The van der Waals surface area contributed by atoms with Gasteiger partial charge in [-0.05, 0) is 30.2 Å². The molecule has 0 fully saturated rings. The van der Waals surface area contributed by atoms with E-state index in [2.05, 4.69) is 5.32 Å². The monoisotopic (exact) mass is 494 g/mol. The molecule has 0 saturated carbocycles. The Balaban J connectivity index is 1.50. The van der Waals surface area contributed by atoms with Crippen molar-refractivity contribution in [1.82, 2.24) is 9.55 Å². The normalized spacial score (nSPS) is 19.2. The smallest absolute Gasteiger partial charge is 0.343 e. The standard InChI is InChI=1S/C28H22N4O5/c1-2-28(36)18-11-21-23-16(13-31(21)25(33)17(18)14-37-26(28)34)24-22-19(29-23)9-6-10-20(22)30-27(35)32(24)12-15-7-4-3-5-8-15/h3-11,36H,2,12-14H2,1H3,(H,30,35). The van der Waals surface area contributed by atoms with Gasteiger partial charge in [0, 0.05) is 16.5 Å². The molecular formula is C28H22N4O5. The topological polar surface area (TPSA) is 114 Å². The van der Waals surface area contributed by atoms with E-state index >= 15 is 0 Å². The average Bonchev–Trinajstić information content (AvgIpc) is 3.28. The van der Waals surface area contributed by atoms with Crippen LogP contribution in [-0.4, -0.2) is 26.7 Å². The molecule has 9 nitrogen and oxygen atoms in total. The molecule has 3 aliphatic heterocycles. The Morgan fingerprint density at radius 3 is 2.68 bits per heavy atom. The van der Waals surface area contributed by atoms with E-state index in [1.165, 1.54) is 0 Å². The molecule has 2 N–H and O–H groups in total. The molecule has 0 bridgehead atoms. The number of rotatable bonds is 3. The van der Waals surface area contributed by atoms with Crippen molar-refractivity contribution in [3.63, 3.8) is 0 Å². The first kappa shape index (κ1) is 21.8. The van der Waals surface area contributed by atoms with Crippen molar-refractivity contribution < 1.29 is 19.4 Å². The number of nitrogens with zero attached hydrogens (tertiary/aromatic N) is 3. The van der Waals surface area contributed by atoms with Crippen molar-refractivity contribution in [2.75, 3.05) is 10.2 Å². The summed E-state index contributed by atoms with van der Waals surface area (Å²) in [6.07, 6.45) is 0.0688. The number of carbonyl (C=O) groups is 2. The Labute approximate surface area is 210 Å². The fourth-order valence-corrected chi connectivity index (χ4v) is 5.71. The van der Waals surface area contributed by atoms with Gasteiger partial charge in [0.25, 0.3) is 5.56 Å². The molecule has 1 unspecified atom stereocenters. The number of amides is 2. The molecule has 1 atom stereocenters. The van der Waals surface area contributed by atoms with Crippen LogP contribution in [0.3, 0.4) is 0 Å². The van der Waals surface area contributed by atoms with Crippen LogP contribution >= 0.6 is 0 Å². The third kappa shape index (κ3) is 2.88. The van der Waals surface area contributed by atoms with Crippen LogP contribution in [0.5, 0.6) is 0 Å². The number of nitrogens with one attached hydrogen (secondary N) is 1. The fraction of sp³-hybridized carbons (Fsp3) is 0.214. The van der Waals surface area contributed by atoms with E-state index in [0.29, 0.717) is 34.8 Å². The van der Waals surface area contributed by atoms with Gasteiger partial charge in [-0.25, -0.2) is 14.6 Å². The van der Waals surface area contributed by atoms with E-state index in [0.717, 1.165) is 16.5 Å². The van der Waals surface area contributed by atoms with Crippen LogP contribution in [0.25, 0.3) is 22.3 Å². The third-order valence-electron chi connectivity index (χ3n) is 7.63. The molecule has 0 spiro atoms. The van der Waals surface area contributed by atoms with Crippen LogP contribution in [-0.2, 0) is 34.8 Å². The van der Waals surface area contributed by atoms with Crippen molar-refractivity contribution in [1.29, 1.82) is 0 Å². The number of esters is 1. The van der Waals surface area contributed by atoms with Gasteiger partial charge < -0.3 is 19.7 Å². The second-order valence-corrected chi connectivity index (χ2v) is 9.59. The van der Waals surface area contributed by atoms with Gasteiger partial charge in [0.1, 0.15) is 6.61 Å². The number of aliphatic hydroxyl groups is 1. The lowest BCUT2D eigenvalue weighted by Crippen LogP contribution is -2.44. The Kier molecular flexibility index (Phi) is 4.41. The van der Waals surface area contributed by atoms with Gasteiger partial charge in [-0.1, -0.05) is 43.3 Å². The zero-order chi connectivity index (χ0) is 25.5. The number of cyclic esters (lactones) is 1. The van der Waals surface area contributed by atoms with Crippen molar-refractivity contribution in [3.8, 4) is 11.4 Å². The summed E-state index contributed by atoms with van der Waals surface area (Å²) in [4.78, 5) is 46.1.